The topological polar surface area (TPSA) is 21.3 Å². The maximum absolute atomic E-state index is 5.25. The zero-order chi connectivity index (χ0) is 6.27. The molecule has 1 saturated carbocycles. The number of ether oxygens (including phenoxy) is 1. The Morgan fingerprint density at radius 2 is 1.78 bits per heavy atom. The van der Waals surface area contributed by atoms with Crippen LogP contribution in [0.25, 0.3) is 0 Å². The van der Waals surface area contributed by atoms with Gasteiger partial charge in [-0.25, -0.2) is 0 Å². The predicted molar refractivity (Wildman–Crippen MR) is 35.4 cm³/mol. The molecule has 2 saturated heterocycles. The van der Waals surface area contributed by atoms with Gasteiger partial charge in [-0.3, -0.25) is 0 Å². The van der Waals surface area contributed by atoms with Crippen LogP contribution in [-0.4, -0.2) is 25.3 Å². The molecular weight excluding hydrogens is 114 g/mol. The first-order valence-electron chi connectivity index (χ1n) is 3.67. The van der Waals surface area contributed by atoms with E-state index in [2.05, 4.69) is 5.32 Å². The second kappa shape index (κ2) is 1.96. The summed E-state index contributed by atoms with van der Waals surface area (Å²) in [5.41, 5.74) is 0. The fourth-order valence-corrected chi connectivity index (χ4v) is 1.90. The van der Waals surface area contributed by atoms with Crippen LogP contribution in [0.2, 0.25) is 0 Å². The van der Waals surface area contributed by atoms with Gasteiger partial charge < -0.3 is 10.1 Å². The van der Waals surface area contributed by atoms with Crippen LogP contribution in [0.5, 0.6) is 0 Å². The molecule has 3 atom stereocenters. The monoisotopic (exact) mass is 127 g/mol. The Bertz CT molecular complexity index is 99.5. The third-order valence-electron chi connectivity index (χ3n) is 2.47. The third-order valence-corrected chi connectivity index (χ3v) is 2.47. The molecule has 0 aromatic carbocycles. The summed E-state index contributed by atoms with van der Waals surface area (Å²) in [4.78, 5) is 0. The molecule has 3 aliphatic rings. The number of hydrogen-bond donors (Lipinski definition) is 1. The Kier molecular flexibility index (Phi) is 1.24. The van der Waals surface area contributed by atoms with E-state index >= 15 is 0 Å². The highest BCUT2D eigenvalue weighted by Gasteiger charge is 2.37. The lowest BCUT2D eigenvalue weighted by Crippen LogP contribution is -2.59. The largest absolute Gasteiger partial charge is 0.381 e. The van der Waals surface area contributed by atoms with E-state index in [0.717, 1.165) is 12.1 Å². The van der Waals surface area contributed by atoms with Gasteiger partial charge in [0.05, 0.1) is 6.10 Å². The van der Waals surface area contributed by atoms with Gasteiger partial charge in [-0.2, -0.15) is 0 Å². The molecule has 0 amide bonds. The molecule has 3 fully saturated rings. The van der Waals surface area contributed by atoms with E-state index in [9.17, 15) is 0 Å². The Morgan fingerprint density at radius 1 is 1.22 bits per heavy atom. The third kappa shape index (κ3) is 0.864. The molecule has 3 rings (SSSR count). The molecule has 0 radical (unpaired) electrons. The molecule has 0 aromatic heterocycles. The number of fused-ring (bicyclic) bond motifs is 2. The number of rotatable bonds is 1. The van der Waals surface area contributed by atoms with Gasteiger partial charge in [-0.05, 0) is 19.3 Å². The van der Waals surface area contributed by atoms with E-state index in [1.807, 2.05) is 7.11 Å². The highest BCUT2D eigenvalue weighted by molar-refractivity contribution is 4.97. The molecule has 0 spiro atoms. The number of hydrogen-bond acceptors (Lipinski definition) is 2. The summed E-state index contributed by atoms with van der Waals surface area (Å²) >= 11 is 0. The van der Waals surface area contributed by atoms with E-state index in [1.165, 1.54) is 19.3 Å². The first-order valence-corrected chi connectivity index (χ1v) is 3.67. The Morgan fingerprint density at radius 3 is 2.11 bits per heavy atom. The highest BCUT2D eigenvalue weighted by Crippen LogP contribution is 2.29. The molecule has 2 aliphatic heterocycles. The smallest absolute Gasteiger partial charge is 0.0601 e. The lowest BCUT2D eigenvalue weighted by Gasteiger charge is -2.45. The Hall–Kier alpha value is -0.0800. The number of nitrogens with one attached hydrogen (secondary N) is 1. The van der Waals surface area contributed by atoms with Crippen LogP contribution >= 0.6 is 0 Å². The van der Waals surface area contributed by atoms with Gasteiger partial charge in [0.2, 0.25) is 0 Å². The van der Waals surface area contributed by atoms with Crippen LogP contribution in [0.1, 0.15) is 19.3 Å². The lowest BCUT2D eigenvalue weighted by molar-refractivity contribution is 0.00572. The van der Waals surface area contributed by atoms with Gasteiger partial charge in [0.1, 0.15) is 0 Å². The van der Waals surface area contributed by atoms with Crippen LogP contribution in [-0.2, 0) is 4.74 Å². The molecule has 1 N–H and O–H groups in total. The predicted octanol–water partition coefficient (Wildman–Crippen LogP) is 0.526. The molecule has 2 bridgehead atoms. The van der Waals surface area contributed by atoms with Crippen molar-refractivity contribution in [2.75, 3.05) is 7.11 Å². The van der Waals surface area contributed by atoms with Crippen molar-refractivity contribution in [1.82, 2.24) is 5.32 Å². The van der Waals surface area contributed by atoms with E-state index < -0.39 is 0 Å². The van der Waals surface area contributed by atoms with Crippen LogP contribution in [0.4, 0.5) is 0 Å². The fraction of sp³-hybridized carbons (Fsp3) is 1.00. The zero-order valence-electron chi connectivity index (χ0n) is 5.76. The SMILES string of the molecule is COC1CC2C[C@@H](C1)N2. The van der Waals surface area contributed by atoms with E-state index in [1.54, 1.807) is 0 Å². The summed E-state index contributed by atoms with van der Waals surface area (Å²) in [6.45, 7) is 0. The fourth-order valence-electron chi connectivity index (χ4n) is 1.90. The zero-order valence-corrected chi connectivity index (χ0v) is 5.76. The van der Waals surface area contributed by atoms with E-state index in [0.29, 0.717) is 6.10 Å². The van der Waals surface area contributed by atoms with E-state index in [4.69, 9.17) is 4.74 Å². The Balaban J connectivity index is 1.89. The molecule has 2 nitrogen and oxygen atoms in total. The van der Waals surface area contributed by atoms with Gasteiger partial charge in [-0.1, -0.05) is 0 Å². The van der Waals surface area contributed by atoms with Gasteiger partial charge in [0.25, 0.3) is 0 Å². The summed E-state index contributed by atoms with van der Waals surface area (Å²) in [5, 5.41) is 3.46. The molecule has 52 valence electrons. The maximum atomic E-state index is 5.25. The molecular formula is C7H13NO. The first kappa shape index (κ1) is 5.69. The van der Waals surface area contributed by atoms with E-state index in [-0.39, 0.29) is 0 Å². The Labute approximate surface area is 55.6 Å². The molecule has 9 heavy (non-hydrogen) atoms. The highest BCUT2D eigenvalue weighted by atomic mass is 16.5. The summed E-state index contributed by atoms with van der Waals surface area (Å²) < 4.78 is 5.25. The summed E-state index contributed by atoms with van der Waals surface area (Å²) in [6.07, 6.45) is 4.40. The second-order valence-electron chi connectivity index (χ2n) is 3.13. The van der Waals surface area contributed by atoms with Crippen LogP contribution in [0.3, 0.4) is 0 Å². The maximum Gasteiger partial charge on any atom is 0.0601 e. The minimum atomic E-state index is 0.551. The van der Waals surface area contributed by atoms with Gasteiger partial charge >= 0.3 is 0 Å². The van der Waals surface area contributed by atoms with Crippen molar-refractivity contribution in [3.8, 4) is 0 Å². The first-order chi connectivity index (χ1) is 4.38. The van der Waals surface area contributed by atoms with Crippen molar-refractivity contribution in [2.24, 2.45) is 0 Å². The molecule has 2 unspecified atom stereocenters. The number of methoxy groups -OCH3 is 1. The minimum absolute atomic E-state index is 0.551. The molecule has 2 heteroatoms. The quantitative estimate of drug-likeness (QED) is 0.554. The van der Waals surface area contributed by atoms with Crippen molar-refractivity contribution >= 4 is 0 Å². The van der Waals surface area contributed by atoms with Crippen molar-refractivity contribution in [3.05, 3.63) is 0 Å². The summed E-state index contributed by atoms with van der Waals surface area (Å²) in [5.74, 6) is 0. The van der Waals surface area contributed by atoms with Crippen LogP contribution < -0.4 is 5.32 Å². The molecule has 0 aromatic rings. The molecule has 1 aliphatic carbocycles. The van der Waals surface area contributed by atoms with Gasteiger partial charge in [-0.15, -0.1) is 0 Å². The van der Waals surface area contributed by atoms with Gasteiger partial charge in [0, 0.05) is 19.2 Å². The van der Waals surface area contributed by atoms with Crippen molar-refractivity contribution in [1.29, 1.82) is 0 Å². The minimum Gasteiger partial charge on any atom is -0.381 e. The van der Waals surface area contributed by atoms with Gasteiger partial charge in [0.15, 0.2) is 0 Å². The molecule has 2 heterocycles. The summed E-state index contributed by atoms with van der Waals surface area (Å²) in [6, 6.07) is 1.57. The van der Waals surface area contributed by atoms with Crippen LogP contribution in [0.15, 0.2) is 0 Å². The average molecular weight is 127 g/mol. The second-order valence-corrected chi connectivity index (χ2v) is 3.13. The van der Waals surface area contributed by atoms with Crippen molar-refractivity contribution in [3.63, 3.8) is 0 Å². The summed E-state index contributed by atoms with van der Waals surface area (Å²) in [7, 11) is 1.81. The van der Waals surface area contributed by atoms with Crippen LogP contribution in [0, 0.1) is 0 Å². The average Bonchev–Trinajstić information content (AvgIpc) is 1.87. The number of piperidine rings is 1. The van der Waals surface area contributed by atoms with Crippen molar-refractivity contribution < 1.29 is 4.74 Å². The normalized spacial score (nSPS) is 48.3. The van der Waals surface area contributed by atoms with Crippen molar-refractivity contribution in [2.45, 2.75) is 37.5 Å². The lowest BCUT2D eigenvalue weighted by atomic mass is 9.81. The standard InChI is InChI=1S/C7H13NO/c1-9-7-3-5-2-6(4-7)8-5/h5-8H,2-4H2,1H3/t5-,6?,7?/m0/s1.